The Hall–Kier alpha value is -2.98. The summed E-state index contributed by atoms with van der Waals surface area (Å²) in [4.78, 5) is 51.1. The van der Waals surface area contributed by atoms with Crippen molar-refractivity contribution < 1.29 is 41.1 Å². The molecule has 0 aromatic carbocycles. The fourth-order valence-corrected chi connectivity index (χ4v) is 5.49. The van der Waals surface area contributed by atoms with Crippen molar-refractivity contribution in [3.8, 4) is 6.07 Å². The van der Waals surface area contributed by atoms with Crippen LogP contribution in [0.3, 0.4) is 0 Å². The molecule has 1 aliphatic carbocycles. The normalized spacial score (nSPS) is 28.3. The predicted molar refractivity (Wildman–Crippen MR) is 117 cm³/mol. The molecule has 14 heteroatoms. The molecule has 3 heterocycles. The zero-order valence-corrected chi connectivity index (χ0v) is 20.4. The Labute approximate surface area is 210 Å². The van der Waals surface area contributed by atoms with Gasteiger partial charge in [0.25, 0.3) is 5.92 Å². The minimum absolute atomic E-state index is 0.0587. The van der Waals surface area contributed by atoms with E-state index < -0.39 is 72.2 Å². The van der Waals surface area contributed by atoms with Gasteiger partial charge in [0.15, 0.2) is 0 Å². The molecule has 1 saturated carbocycles. The van der Waals surface area contributed by atoms with E-state index in [4.69, 9.17) is 0 Å². The van der Waals surface area contributed by atoms with E-state index in [1.807, 2.05) is 6.07 Å². The van der Waals surface area contributed by atoms with Crippen LogP contribution in [-0.2, 0) is 19.2 Å². The zero-order chi connectivity index (χ0) is 27.7. The average Bonchev–Trinajstić information content (AvgIpc) is 3.19. The van der Waals surface area contributed by atoms with Crippen LogP contribution < -0.4 is 16.0 Å². The molecule has 0 aromatic rings. The Balaban J connectivity index is 1.87. The number of piperidine rings is 2. The molecule has 0 aromatic heterocycles. The first kappa shape index (κ1) is 28.6. The van der Waals surface area contributed by atoms with Crippen LogP contribution in [0.1, 0.15) is 52.4 Å². The van der Waals surface area contributed by atoms with E-state index in [1.54, 1.807) is 19.2 Å². The van der Waals surface area contributed by atoms with Gasteiger partial charge in [-0.2, -0.15) is 18.4 Å². The number of hydrogen-bond acceptors (Lipinski definition) is 5. The van der Waals surface area contributed by atoms with Gasteiger partial charge in [-0.1, -0.05) is 13.8 Å². The van der Waals surface area contributed by atoms with Gasteiger partial charge in [-0.15, -0.1) is 0 Å². The third kappa shape index (κ3) is 6.30. The molecule has 3 N–H and O–H groups in total. The molecule has 0 unspecified atom stereocenters. The molecular weight excluding hydrogens is 505 g/mol. The van der Waals surface area contributed by atoms with Crippen LogP contribution in [0, 0.1) is 29.1 Å². The van der Waals surface area contributed by atoms with Gasteiger partial charge in [0, 0.05) is 24.9 Å². The second-order valence-corrected chi connectivity index (χ2v) is 10.3. The topological polar surface area (TPSA) is 131 Å². The first-order valence-corrected chi connectivity index (χ1v) is 12.2. The summed E-state index contributed by atoms with van der Waals surface area (Å²) in [6.07, 6.45) is -5.87. The molecule has 2 bridgehead atoms. The van der Waals surface area contributed by atoms with Crippen molar-refractivity contribution >= 4 is 23.6 Å². The summed E-state index contributed by atoms with van der Waals surface area (Å²) in [6, 6.07) is -3.94. The highest BCUT2D eigenvalue weighted by molar-refractivity contribution is 5.94. The van der Waals surface area contributed by atoms with Gasteiger partial charge in [0.05, 0.1) is 12.0 Å². The third-order valence-corrected chi connectivity index (χ3v) is 7.18. The number of carbonyl (C=O) groups is 4. The SMILES string of the molecule is CC(C)C[C@H](NC(=O)C(F)(F)F)C(=O)N1[C@@H]2CC[C@H]([C@@H]1C(=O)N[C@H](C#N)C[C@@H]1CCNC1=O)C(F)(F)C2. The molecule has 4 fully saturated rings. The smallest absolute Gasteiger partial charge is 0.356 e. The highest BCUT2D eigenvalue weighted by Gasteiger charge is 2.61. The molecule has 4 aliphatic rings. The van der Waals surface area contributed by atoms with E-state index in [2.05, 4.69) is 10.6 Å². The van der Waals surface area contributed by atoms with Crippen LogP contribution in [0.25, 0.3) is 0 Å². The predicted octanol–water partition coefficient (Wildman–Crippen LogP) is 1.63. The quantitative estimate of drug-likeness (QED) is 0.407. The number of halogens is 5. The molecule has 4 rings (SSSR count). The van der Waals surface area contributed by atoms with E-state index in [0.717, 1.165) is 4.90 Å². The number of nitrogens with zero attached hydrogens (tertiary/aromatic N) is 2. The molecule has 37 heavy (non-hydrogen) atoms. The molecule has 0 spiro atoms. The van der Waals surface area contributed by atoms with Crippen molar-refractivity contribution in [2.45, 2.75) is 88.6 Å². The van der Waals surface area contributed by atoms with Crippen molar-refractivity contribution in [2.75, 3.05) is 6.54 Å². The molecule has 206 valence electrons. The van der Waals surface area contributed by atoms with Gasteiger partial charge in [0.2, 0.25) is 17.7 Å². The van der Waals surface area contributed by atoms with E-state index in [9.17, 15) is 46.4 Å². The van der Waals surface area contributed by atoms with E-state index in [-0.39, 0.29) is 37.5 Å². The molecule has 0 radical (unpaired) electrons. The molecule has 6 atom stereocenters. The van der Waals surface area contributed by atoms with Gasteiger partial charge in [-0.05, 0) is 38.0 Å². The van der Waals surface area contributed by atoms with E-state index in [1.165, 1.54) is 0 Å². The summed E-state index contributed by atoms with van der Waals surface area (Å²) >= 11 is 0. The van der Waals surface area contributed by atoms with Gasteiger partial charge in [0.1, 0.15) is 18.1 Å². The Morgan fingerprint density at radius 3 is 2.38 bits per heavy atom. The maximum Gasteiger partial charge on any atom is 0.471 e. The van der Waals surface area contributed by atoms with Crippen LogP contribution in [0.15, 0.2) is 0 Å². The van der Waals surface area contributed by atoms with Gasteiger partial charge < -0.3 is 20.9 Å². The van der Waals surface area contributed by atoms with Crippen molar-refractivity contribution in [3.05, 3.63) is 0 Å². The van der Waals surface area contributed by atoms with Crippen LogP contribution in [-0.4, -0.2) is 71.3 Å². The number of fused-ring (bicyclic) bond motifs is 3. The standard InChI is InChI=1S/C23H30F5N5O4/c1-11(2)7-16(32-21(37)23(26,27)28)20(36)33-14-3-4-15(22(24,25)9-14)17(33)19(35)31-13(10-29)8-12-5-6-30-18(12)34/h11-17H,3-9H2,1-2H3,(H,30,34)(H,31,35)(H,32,37)/t12-,13-,14+,15+,16-,17+/m0/s1. The minimum Gasteiger partial charge on any atom is -0.356 e. The van der Waals surface area contributed by atoms with Crippen LogP contribution in [0.5, 0.6) is 0 Å². The lowest BCUT2D eigenvalue weighted by Crippen LogP contribution is -2.71. The number of carbonyl (C=O) groups excluding carboxylic acids is 4. The minimum atomic E-state index is -5.27. The first-order valence-electron chi connectivity index (χ1n) is 12.2. The largest absolute Gasteiger partial charge is 0.471 e. The first-order chi connectivity index (χ1) is 17.2. The number of alkyl halides is 5. The number of amides is 4. The summed E-state index contributed by atoms with van der Waals surface area (Å²) in [7, 11) is 0. The maximum atomic E-state index is 14.9. The van der Waals surface area contributed by atoms with Gasteiger partial charge in [-0.25, -0.2) is 8.78 Å². The van der Waals surface area contributed by atoms with Crippen molar-refractivity contribution in [3.63, 3.8) is 0 Å². The number of hydrogen-bond donors (Lipinski definition) is 3. The third-order valence-electron chi connectivity index (χ3n) is 7.18. The molecule has 3 saturated heterocycles. The Bertz CT molecular complexity index is 966. The second kappa shape index (κ2) is 10.8. The summed E-state index contributed by atoms with van der Waals surface area (Å²) in [5, 5.41) is 16.1. The molecule has 4 amide bonds. The molecule has 9 nitrogen and oxygen atoms in total. The number of nitriles is 1. The lowest BCUT2D eigenvalue weighted by atomic mass is 9.71. The van der Waals surface area contributed by atoms with Crippen molar-refractivity contribution in [1.82, 2.24) is 20.9 Å². The summed E-state index contributed by atoms with van der Waals surface area (Å²) in [5.41, 5.74) is 0. The zero-order valence-electron chi connectivity index (χ0n) is 20.4. The van der Waals surface area contributed by atoms with Crippen LogP contribution in [0.4, 0.5) is 22.0 Å². The maximum absolute atomic E-state index is 14.9. The summed E-state index contributed by atoms with van der Waals surface area (Å²) < 4.78 is 68.5. The number of rotatable bonds is 8. The fraction of sp³-hybridized carbons (Fsp3) is 0.783. The lowest BCUT2D eigenvalue weighted by molar-refractivity contribution is -0.196. The highest BCUT2D eigenvalue weighted by atomic mass is 19.4. The fourth-order valence-electron chi connectivity index (χ4n) is 5.49. The van der Waals surface area contributed by atoms with Gasteiger partial charge >= 0.3 is 12.1 Å². The monoisotopic (exact) mass is 535 g/mol. The van der Waals surface area contributed by atoms with Crippen LogP contribution >= 0.6 is 0 Å². The second-order valence-electron chi connectivity index (χ2n) is 10.3. The van der Waals surface area contributed by atoms with Crippen LogP contribution in [0.2, 0.25) is 0 Å². The summed E-state index contributed by atoms with van der Waals surface area (Å²) in [6.45, 7) is 3.62. The Morgan fingerprint density at radius 1 is 1.19 bits per heavy atom. The van der Waals surface area contributed by atoms with Gasteiger partial charge in [-0.3, -0.25) is 19.2 Å². The van der Waals surface area contributed by atoms with E-state index >= 15 is 0 Å². The summed E-state index contributed by atoms with van der Waals surface area (Å²) in [5.74, 6) is -10.6. The Morgan fingerprint density at radius 2 is 1.86 bits per heavy atom. The average molecular weight is 536 g/mol. The number of nitrogens with one attached hydrogen (secondary N) is 3. The van der Waals surface area contributed by atoms with Crippen molar-refractivity contribution in [1.29, 1.82) is 5.26 Å². The van der Waals surface area contributed by atoms with Crippen molar-refractivity contribution in [2.24, 2.45) is 17.8 Å². The lowest BCUT2D eigenvalue weighted by Gasteiger charge is -2.54. The molecule has 3 aliphatic heterocycles. The highest BCUT2D eigenvalue weighted by Crippen LogP contribution is 2.49. The van der Waals surface area contributed by atoms with E-state index in [0.29, 0.717) is 13.0 Å². The Kier molecular flexibility index (Phi) is 8.34. The molecular formula is C23H30F5N5O4.